The second kappa shape index (κ2) is 10.2. The van der Waals surface area contributed by atoms with Gasteiger partial charge in [0.2, 0.25) is 0 Å². The summed E-state index contributed by atoms with van der Waals surface area (Å²) in [5, 5.41) is 0. The van der Waals surface area contributed by atoms with Crippen LogP contribution in [0.15, 0.2) is 30.3 Å². The average Bonchev–Trinajstić information content (AvgIpc) is 2.51. The highest BCUT2D eigenvalue weighted by Crippen LogP contribution is 2.06. The molecule has 0 saturated carbocycles. The Balaban J connectivity index is 2.49. The number of amides is 1. The van der Waals surface area contributed by atoms with E-state index in [1.54, 1.807) is 0 Å². The molecule has 0 bridgehead atoms. The largest absolute Gasteiger partial charge is 0.445 e. The molecule has 0 spiro atoms. The van der Waals surface area contributed by atoms with Crippen LogP contribution in [-0.2, 0) is 25.6 Å². The van der Waals surface area contributed by atoms with E-state index in [1.807, 2.05) is 30.3 Å². The van der Waals surface area contributed by atoms with Crippen molar-refractivity contribution < 1.29 is 22.1 Å². The van der Waals surface area contributed by atoms with Gasteiger partial charge in [0.15, 0.2) is 0 Å². The molecule has 1 rings (SSSR count). The van der Waals surface area contributed by atoms with Gasteiger partial charge in [-0.25, -0.2) is 4.79 Å². The van der Waals surface area contributed by atoms with Crippen LogP contribution in [-0.4, -0.2) is 45.4 Å². The number of carbonyl (C=O) groups is 1. The minimum absolute atomic E-state index is 0.0641. The van der Waals surface area contributed by atoms with Crippen molar-refractivity contribution in [1.82, 2.24) is 4.90 Å². The lowest BCUT2D eigenvalue weighted by molar-refractivity contribution is 0.0900. The fourth-order valence-electron chi connectivity index (χ4n) is 1.96. The summed E-state index contributed by atoms with van der Waals surface area (Å²) < 4.78 is 32.0. The predicted octanol–water partition coefficient (Wildman–Crippen LogP) is 2.79. The molecule has 0 unspecified atom stereocenters. The Hall–Kier alpha value is -1.60. The van der Waals surface area contributed by atoms with Gasteiger partial charge in [-0.3, -0.25) is 4.18 Å². The van der Waals surface area contributed by atoms with Crippen molar-refractivity contribution in [3.63, 3.8) is 0 Å². The average molecular weight is 343 g/mol. The van der Waals surface area contributed by atoms with Crippen molar-refractivity contribution in [2.24, 2.45) is 0 Å². The molecule has 0 aliphatic carbocycles. The van der Waals surface area contributed by atoms with Crippen molar-refractivity contribution in [3.8, 4) is 0 Å². The van der Waals surface area contributed by atoms with Crippen molar-refractivity contribution in [3.05, 3.63) is 35.9 Å². The molecule has 0 aliphatic heterocycles. The number of unbranched alkanes of at least 4 members (excludes halogenated alkanes) is 2. The molecule has 7 heteroatoms. The maximum Gasteiger partial charge on any atom is 0.410 e. The lowest BCUT2D eigenvalue weighted by Crippen LogP contribution is -2.35. The molecule has 1 aromatic carbocycles. The molecule has 0 atom stereocenters. The smallest absolute Gasteiger partial charge is 0.410 e. The van der Waals surface area contributed by atoms with Crippen molar-refractivity contribution >= 4 is 16.2 Å². The highest BCUT2D eigenvalue weighted by Gasteiger charge is 2.15. The van der Waals surface area contributed by atoms with Crippen LogP contribution >= 0.6 is 0 Å². The summed E-state index contributed by atoms with van der Waals surface area (Å²) in [5.41, 5.74) is 0.904. The van der Waals surface area contributed by atoms with E-state index in [9.17, 15) is 13.2 Å². The number of hydrogen-bond donors (Lipinski definition) is 0. The van der Waals surface area contributed by atoms with Gasteiger partial charge in [0.05, 0.1) is 12.9 Å². The van der Waals surface area contributed by atoms with E-state index in [-0.39, 0.29) is 19.8 Å². The van der Waals surface area contributed by atoms with Crippen LogP contribution in [0.4, 0.5) is 4.79 Å². The first kappa shape index (κ1) is 19.4. The molecule has 0 heterocycles. The van der Waals surface area contributed by atoms with E-state index in [0.29, 0.717) is 6.54 Å². The van der Waals surface area contributed by atoms with Gasteiger partial charge in [0.1, 0.15) is 6.61 Å². The van der Waals surface area contributed by atoms with Gasteiger partial charge in [0.25, 0.3) is 10.1 Å². The van der Waals surface area contributed by atoms with E-state index in [4.69, 9.17) is 8.92 Å². The zero-order valence-electron chi connectivity index (χ0n) is 13.7. The molecule has 0 aliphatic rings. The van der Waals surface area contributed by atoms with Gasteiger partial charge in [0, 0.05) is 13.1 Å². The number of benzene rings is 1. The summed E-state index contributed by atoms with van der Waals surface area (Å²) in [6.45, 7) is 2.91. The van der Waals surface area contributed by atoms with Gasteiger partial charge >= 0.3 is 6.09 Å². The fraction of sp³-hybridized carbons (Fsp3) is 0.562. The molecule has 1 aromatic rings. The summed E-state index contributed by atoms with van der Waals surface area (Å²) in [4.78, 5) is 13.7. The zero-order valence-corrected chi connectivity index (χ0v) is 14.5. The molecule has 1 amide bonds. The summed E-state index contributed by atoms with van der Waals surface area (Å²) >= 11 is 0. The van der Waals surface area contributed by atoms with E-state index in [1.165, 1.54) is 4.90 Å². The first-order chi connectivity index (χ1) is 10.9. The van der Waals surface area contributed by atoms with Crippen LogP contribution in [0.2, 0.25) is 0 Å². The van der Waals surface area contributed by atoms with Crippen LogP contribution in [0, 0.1) is 0 Å². The van der Waals surface area contributed by atoms with Crippen LogP contribution in [0.25, 0.3) is 0 Å². The quantitative estimate of drug-likeness (QED) is 0.482. The highest BCUT2D eigenvalue weighted by molar-refractivity contribution is 7.85. The molecular weight excluding hydrogens is 318 g/mol. The Morgan fingerprint density at radius 1 is 1.13 bits per heavy atom. The number of rotatable bonds is 10. The Labute approximate surface area is 138 Å². The first-order valence-corrected chi connectivity index (χ1v) is 9.54. The summed E-state index contributed by atoms with van der Waals surface area (Å²) in [6, 6.07) is 9.40. The van der Waals surface area contributed by atoms with Crippen LogP contribution in [0.1, 0.15) is 31.7 Å². The fourth-order valence-corrected chi connectivity index (χ4v) is 2.33. The van der Waals surface area contributed by atoms with E-state index < -0.39 is 16.2 Å². The van der Waals surface area contributed by atoms with E-state index in [2.05, 4.69) is 6.92 Å². The summed E-state index contributed by atoms with van der Waals surface area (Å²) in [5.74, 6) is 0. The molecule has 0 fully saturated rings. The third kappa shape index (κ3) is 9.20. The van der Waals surface area contributed by atoms with Gasteiger partial charge in [-0.2, -0.15) is 8.42 Å². The van der Waals surface area contributed by atoms with Crippen molar-refractivity contribution in [2.45, 2.75) is 32.8 Å². The molecule has 0 saturated heterocycles. The molecule has 130 valence electrons. The second-order valence-corrected chi connectivity index (χ2v) is 6.90. The summed E-state index contributed by atoms with van der Waals surface area (Å²) in [7, 11) is -3.50. The second-order valence-electron chi connectivity index (χ2n) is 5.26. The SMILES string of the molecule is CCCCCN(CCOS(C)(=O)=O)C(=O)OCc1ccccc1. The van der Waals surface area contributed by atoms with Crippen molar-refractivity contribution in [1.29, 1.82) is 0 Å². The Morgan fingerprint density at radius 2 is 1.83 bits per heavy atom. The third-order valence-corrected chi connectivity index (χ3v) is 3.75. The topological polar surface area (TPSA) is 72.9 Å². The highest BCUT2D eigenvalue weighted by atomic mass is 32.2. The molecule has 0 radical (unpaired) electrons. The molecular formula is C16H25NO5S. The number of hydrogen-bond acceptors (Lipinski definition) is 5. The first-order valence-electron chi connectivity index (χ1n) is 7.72. The summed E-state index contributed by atoms with van der Waals surface area (Å²) in [6.07, 6.45) is 3.40. The number of ether oxygens (including phenoxy) is 1. The molecule has 23 heavy (non-hydrogen) atoms. The van der Waals surface area contributed by atoms with E-state index in [0.717, 1.165) is 31.1 Å². The number of nitrogens with zero attached hydrogens (tertiary/aromatic N) is 1. The molecule has 6 nitrogen and oxygen atoms in total. The normalized spacial score (nSPS) is 11.2. The van der Waals surface area contributed by atoms with Crippen molar-refractivity contribution in [2.75, 3.05) is 26.0 Å². The Kier molecular flexibility index (Phi) is 8.65. The maximum absolute atomic E-state index is 12.2. The van der Waals surface area contributed by atoms with Gasteiger partial charge in [-0.15, -0.1) is 0 Å². The maximum atomic E-state index is 12.2. The monoisotopic (exact) mass is 343 g/mol. The lowest BCUT2D eigenvalue weighted by Gasteiger charge is -2.21. The lowest BCUT2D eigenvalue weighted by atomic mass is 10.2. The predicted molar refractivity (Wildman–Crippen MR) is 88.5 cm³/mol. The van der Waals surface area contributed by atoms with Gasteiger partial charge < -0.3 is 9.64 Å². The van der Waals surface area contributed by atoms with Crippen LogP contribution in [0.3, 0.4) is 0 Å². The Bertz CT molecular complexity index is 559. The zero-order chi connectivity index (χ0) is 17.1. The third-order valence-electron chi connectivity index (χ3n) is 3.15. The van der Waals surface area contributed by atoms with Gasteiger partial charge in [-0.05, 0) is 12.0 Å². The number of carbonyl (C=O) groups excluding carboxylic acids is 1. The molecule has 0 N–H and O–H groups in total. The van der Waals surface area contributed by atoms with E-state index >= 15 is 0 Å². The standard InChI is InChI=1S/C16H25NO5S/c1-3-4-8-11-17(12-13-22-23(2,19)20)16(18)21-14-15-9-6-5-7-10-15/h5-7,9-10H,3-4,8,11-14H2,1-2H3. The van der Waals surface area contributed by atoms with Crippen LogP contribution in [0.5, 0.6) is 0 Å². The van der Waals surface area contributed by atoms with Crippen LogP contribution < -0.4 is 0 Å². The minimum Gasteiger partial charge on any atom is -0.445 e. The minimum atomic E-state index is -3.50. The van der Waals surface area contributed by atoms with Gasteiger partial charge in [-0.1, -0.05) is 50.1 Å². The Morgan fingerprint density at radius 3 is 2.43 bits per heavy atom. The molecule has 0 aromatic heterocycles.